The van der Waals surface area contributed by atoms with Crippen molar-refractivity contribution in [2.45, 2.75) is 19.4 Å². The summed E-state index contributed by atoms with van der Waals surface area (Å²) in [7, 11) is 1.66. The van der Waals surface area contributed by atoms with E-state index < -0.39 is 0 Å². The minimum atomic E-state index is -0.107. The Hall–Kier alpha value is -1.03. The monoisotopic (exact) mass is 211 g/mol. The van der Waals surface area contributed by atoms with Gasteiger partial charge in [-0.15, -0.1) is 11.3 Å². The zero-order valence-corrected chi connectivity index (χ0v) is 9.35. The van der Waals surface area contributed by atoms with Crippen molar-refractivity contribution in [3.63, 3.8) is 0 Å². The van der Waals surface area contributed by atoms with E-state index in [4.69, 9.17) is 9.47 Å². The van der Waals surface area contributed by atoms with Gasteiger partial charge in [0.1, 0.15) is 17.2 Å². The molecule has 14 heavy (non-hydrogen) atoms. The molecule has 0 unspecified atom stereocenters. The van der Waals surface area contributed by atoms with Crippen LogP contribution >= 0.6 is 11.3 Å². The van der Waals surface area contributed by atoms with E-state index in [-0.39, 0.29) is 5.54 Å². The summed E-state index contributed by atoms with van der Waals surface area (Å²) < 4.78 is 10.8. The molecule has 0 amide bonds. The Bertz CT molecular complexity index is 368. The van der Waals surface area contributed by atoms with Gasteiger partial charge in [-0.1, -0.05) is 0 Å². The van der Waals surface area contributed by atoms with E-state index in [2.05, 4.69) is 18.8 Å². The van der Waals surface area contributed by atoms with Gasteiger partial charge >= 0.3 is 0 Å². The van der Waals surface area contributed by atoms with E-state index in [0.29, 0.717) is 12.5 Å². The summed E-state index contributed by atoms with van der Waals surface area (Å²) >= 11 is 1.59. The Balaban J connectivity index is 2.33. The maximum absolute atomic E-state index is 5.54. The van der Waals surface area contributed by atoms with Crippen molar-refractivity contribution in [1.82, 2.24) is 0 Å². The van der Waals surface area contributed by atoms with Crippen LogP contribution in [0.15, 0.2) is 16.4 Å². The molecule has 0 aliphatic carbocycles. The van der Waals surface area contributed by atoms with Crippen molar-refractivity contribution in [1.29, 1.82) is 0 Å². The largest absolute Gasteiger partial charge is 0.495 e. The predicted octanol–water partition coefficient (Wildman–Crippen LogP) is 2.31. The summed E-state index contributed by atoms with van der Waals surface area (Å²) in [5.74, 6) is 1.55. The first-order valence-corrected chi connectivity index (χ1v) is 5.35. The van der Waals surface area contributed by atoms with Crippen molar-refractivity contribution in [2.75, 3.05) is 13.7 Å². The number of hydrogen-bond acceptors (Lipinski definition) is 4. The van der Waals surface area contributed by atoms with Crippen LogP contribution in [0.5, 0.6) is 5.75 Å². The summed E-state index contributed by atoms with van der Waals surface area (Å²) in [6.45, 7) is 4.75. The fourth-order valence-corrected chi connectivity index (χ4v) is 2.12. The highest BCUT2D eigenvalue weighted by Gasteiger charge is 2.29. The Morgan fingerprint density at radius 3 is 2.93 bits per heavy atom. The number of thiophene rings is 1. The molecular weight excluding hydrogens is 198 g/mol. The van der Waals surface area contributed by atoms with Crippen molar-refractivity contribution in [2.24, 2.45) is 4.99 Å². The molecule has 0 radical (unpaired) electrons. The molecule has 0 N–H and O–H groups in total. The fourth-order valence-electron chi connectivity index (χ4n) is 1.31. The van der Waals surface area contributed by atoms with Gasteiger partial charge in [0.2, 0.25) is 5.90 Å². The SMILES string of the molecule is COc1ccsc1C1=NC(C)(C)CO1. The quantitative estimate of drug-likeness (QED) is 0.751. The van der Waals surface area contributed by atoms with E-state index >= 15 is 0 Å². The van der Waals surface area contributed by atoms with Crippen molar-refractivity contribution in [3.8, 4) is 5.75 Å². The van der Waals surface area contributed by atoms with Crippen LogP contribution in [0.25, 0.3) is 0 Å². The number of aliphatic imine (C=N–C) groups is 1. The minimum absolute atomic E-state index is 0.107. The third-order valence-corrected chi connectivity index (χ3v) is 2.89. The van der Waals surface area contributed by atoms with E-state index in [1.165, 1.54) is 0 Å². The normalized spacial score (nSPS) is 18.9. The number of methoxy groups -OCH3 is 1. The second-order valence-corrected chi connectivity index (χ2v) is 4.75. The number of hydrogen-bond donors (Lipinski definition) is 0. The molecule has 76 valence electrons. The van der Waals surface area contributed by atoms with E-state index in [0.717, 1.165) is 10.6 Å². The fraction of sp³-hybridized carbons (Fsp3) is 0.500. The highest BCUT2D eigenvalue weighted by molar-refractivity contribution is 7.12. The molecule has 0 spiro atoms. The molecule has 1 aromatic rings. The van der Waals surface area contributed by atoms with Crippen LogP contribution in [0.2, 0.25) is 0 Å². The van der Waals surface area contributed by atoms with Crippen molar-refractivity contribution in [3.05, 3.63) is 16.3 Å². The maximum Gasteiger partial charge on any atom is 0.231 e. The van der Waals surface area contributed by atoms with Crippen LogP contribution in [0.3, 0.4) is 0 Å². The third-order valence-electron chi connectivity index (χ3n) is 2.01. The van der Waals surface area contributed by atoms with Gasteiger partial charge in [-0.05, 0) is 25.3 Å². The molecule has 0 saturated carbocycles. The predicted molar refractivity (Wildman–Crippen MR) is 57.4 cm³/mol. The lowest BCUT2D eigenvalue weighted by molar-refractivity contribution is 0.279. The van der Waals surface area contributed by atoms with Crippen LogP contribution in [-0.2, 0) is 4.74 Å². The molecule has 4 heteroatoms. The van der Waals surface area contributed by atoms with E-state index in [1.54, 1.807) is 18.4 Å². The van der Waals surface area contributed by atoms with Crippen LogP contribution in [0.4, 0.5) is 0 Å². The number of nitrogens with zero attached hydrogens (tertiary/aromatic N) is 1. The van der Waals surface area contributed by atoms with Crippen LogP contribution in [-0.4, -0.2) is 25.2 Å². The maximum atomic E-state index is 5.54. The molecule has 0 atom stereocenters. The lowest BCUT2D eigenvalue weighted by Crippen LogP contribution is -2.17. The number of ether oxygens (including phenoxy) is 2. The Morgan fingerprint density at radius 2 is 2.36 bits per heavy atom. The van der Waals surface area contributed by atoms with Crippen LogP contribution in [0.1, 0.15) is 18.7 Å². The van der Waals surface area contributed by atoms with Crippen LogP contribution < -0.4 is 4.74 Å². The van der Waals surface area contributed by atoms with Gasteiger partial charge in [-0.3, -0.25) is 0 Å². The zero-order chi connectivity index (χ0) is 10.2. The van der Waals surface area contributed by atoms with Crippen LogP contribution in [0, 0.1) is 0 Å². The lowest BCUT2D eigenvalue weighted by Gasteiger charge is -2.07. The molecule has 0 bridgehead atoms. The third kappa shape index (κ3) is 1.62. The molecule has 1 aliphatic rings. The summed E-state index contributed by atoms with van der Waals surface area (Å²) in [6.07, 6.45) is 0. The summed E-state index contributed by atoms with van der Waals surface area (Å²) in [5, 5.41) is 1.98. The standard InChI is InChI=1S/C10H13NO2S/c1-10(2)6-13-9(11-10)8-7(12-3)4-5-14-8/h4-5H,6H2,1-3H3. The first-order chi connectivity index (χ1) is 6.62. The molecular formula is C10H13NO2S. The first kappa shape index (κ1) is 9.52. The Morgan fingerprint density at radius 1 is 1.57 bits per heavy atom. The van der Waals surface area contributed by atoms with E-state index in [1.807, 2.05) is 11.4 Å². The van der Waals surface area contributed by atoms with Gasteiger partial charge in [0.25, 0.3) is 0 Å². The Kier molecular flexibility index (Phi) is 2.23. The molecule has 0 fully saturated rings. The molecule has 0 aromatic carbocycles. The molecule has 0 saturated heterocycles. The molecule has 1 aliphatic heterocycles. The second kappa shape index (κ2) is 3.28. The van der Waals surface area contributed by atoms with Gasteiger partial charge in [0.05, 0.1) is 12.6 Å². The minimum Gasteiger partial charge on any atom is -0.495 e. The second-order valence-electron chi connectivity index (χ2n) is 3.84. The molecule has 2 rings (SSSR count). The van der Waals surface area contributed by atoms with Crippen molar-refractivity contribution < 1.29 is 9.47 Å². The smallest absolute Gasteiger partial charge is 0.231 e. The summed E-state index contributed by atoms with van der Waals surface area (Å²) in [5.41, 5.74) is -0.107. The highest BCUT2D eigenvalue weighted by Crippen LogP contribution is 2.30. The average molecular weight is 211 g/mol. The molecule has 1 aromatic heterocycles. The van der Waals surface area contributed by atoms with E-state index in [9.17, 15) is 0 Å². The molecule has 2 heterocycles. The number of rotatable bonds is 2. The lowest BCUT2D eigenvalue weighted by atomic mass is 10.1. The summed E-state index contributed by atoms with van der Waals surface area (Å²) in [4.78, 5) is 5.48. The van der Waals surface area contributed by atoms with Gasteiger partial charge in [-0.25, -0.2) is 4.99 Å². The average Bonchev–Trinajstić information content (AvgIpc) is 2.70. The summed E-state index contributed by atoms with van der Waals surface area (Å²) in [6, 6.07) is 1.93. The van der Waals surface area contributed by atoms with Gasteiger partial charge in [0, 0.05) is 0 Å². The zero-order valence-electron chi connectivity index (χ0n) is 8.53. The van der Waals surface area contributed by atoms with Gasteiger partial charge in [0.15, 0.2) is 0 Å². The highest BCUT2D eigenvalue weighted by atomic mass is 32.1. The topological polar surface area (TPSA) is 30.8 Å². The van der Waals surface area contributed by atoms with Gasteiger partial charge < -0.3 is 9.47 Å². The van der Waals surface area contributed by atoms with Gasteiger partial charge in [-0.2, -0.15) is 0 Å². The van der Waals surface area contributed by atoms with Crippen molar-refractivity contribution >= 4 is 17.2 Å². The first-order valence-electron chi connectivity index (χ1n) is 4.47. The Labute approximate surface area is 87.4 Å². The molecule has 3 nitrogen and oxygen atoms in total.